The van der Waals surface area contributed by atoms with E-state index >= 15 is 0 Å². The van der Waals surface area contributed by atoms with Crippen molar-refractivity contribution in [3.8, 4) is 0 Å². The lowest BCUT2D eigenvalue weighted by molar-refractivity contribution is -0.129. The third-order valence-electron chi connectivity index (χ3n) is 6.64. The first kappa shape index (κ1) is 16.8. The van der Waals surface area contributed by atoms with E-state index in [-0.39, 0.29) is 5.41 Å². The first-order valence-corrected chi connectivity index (χ1v) is 8.87. The lowest BCUT2D eigenvalue weighted by atomic mass is 9.62. The largest absolute Gasteiger partial charge is 0.299 e. The van der Waals surface area contributed by atoms with Gasteiger partial charge in [-0.25, -0.2) is 0 Å². The Hall–Kier alpha value is -0.590. The Kier molecular flexibility index (Phi) is 4.71. The van der Waals surface area contributed by atoms with Gasteiger partial charge in [0.25, 0.3) is 0 Å². The highest BCUT2D eigenvalue weighted by molar-refractivity contribution is 5.83. The fourth-order valence-corrected chi connectivity index (χ4v) is 4.60. The van der Waals surface area contributed by atoms with E-state index in [1.165, 1.54) is 12.8 Å². The van der Waals surface area contributed by atoms with Crippen LogP contribution in [-0.2, 0) is 4.79 Å². The molecule has 1 nitrogen and oxygen atoms in total. The molecule has 0 aromatic rings. The number of hydrogen-bond donors (Lipinski definition) is 0. The average Bonchev–Trinajstić information content (AvgIpc) is 2.73. The topological polar surface area (TPSA) is 17.1 Å². The molecule has 0 aromatic heterocycles. The summed E-state index contributed by atoms with van der Waals surface area (Å²) in [6.07, 6.45) is 10.4. The van der Waals surface area contributed by atoms with Crippen molar-refractivity contribution in [1.29, 1.82) is 0 Å². The van der Waals surface area contributed by atoms with Gasteiger partial charge in [0, 0.05) is 12.3 Å². The summed E-state index contributed by atoms with van der Waals surface area (Å²) >= 11 is 0. The number of ketones is 1. The van der Waals surface area contributed by atoms with Crippen LogP contribution in [0.2, 0.25) is 0 Å². The number of carbonyl (C=O) groups is 1. The number of allylic oxidation sites excluding steroid dienone is 2. The summed E-state index contributed by atoms with van der Waals surface area (Å²) in [7, 11) is 0. The van der Waals surface area contributed by atoms with Gasteiger partial charge in [-0.05, 0) is 54.3 Å². The standard InChI is InChI=1S/C20H34O/c1-14(9-10-15(2)19(3,4)5)16-11-12-17-18(21)8-7-13-20(16,17)6/h9-10,14-17H,7-8,11-13H2,1-6H3/t14-,15+,16?,17+,20-/m1/s1. The normalized spacial score (nSPS) is 36.8. The van der Waals surface area contributed by atoms with E-state index in [1.807, 2.05) is 0 Å². The molecular weight excluding hydrogens is 256 g/mol. The molecule has 1 unspecified atom stereocenters. The number of Topliss-reactive ketones (excluding diaryl/α,β-unsaturated/α-hetero) is 1. The summed E-state index contributed by atoms with van der Waals surface area (Å²) in [6.45, 7) is 14.0. The maximum Gasteiger partial charge on any atom is 0.136 e. The van der Waals surface area contributed by atoms with Gasteiger partial charge in [-0.1, -0.05) is 53.7 Å². The van der Waals surface area contributed by atoms with Crippen molar-refractivity contribution in [3.05, 3.63) is 12.2 Å². The minimum atomic E-state index is 0.268. The molecule has 5 atom stereocenters. The van der Waals surface area contributed by atoms with Gasteiger partial charge in [-0.2, -0.15) is 0 Å². The molecule has 0 bridgehead atoms. The molecule has 2 rings (SSSR count). The second-order valence-electron chi connectivity index (χ2n) is 8.96. The molecular formula is C20H34O. The maximum atomic E-state index is 12.2. The fourth-order valence-electron chi connectivity index (χ4n) is 4.60. The number of fused-ring (bicyclic) bond motifs is 1. The third kappa shape index (κ3) is 3.27. The van der Waals surface area contributed by atoms with Crippen LogP contribution in [0.25, 0.3) is 0 Å². The van der Waals surface area contributed by atoms with Crippen molar-refractivity contribution in [1.82, 2.24) is 0 Å². The number of hydrogen-bond acceptors (Lipinski definition) is 1. The van der Waals surface area contributed by atoms with Crippen LogP contribution < -0.4 is 0 Å². The lowest BCUT2D eigenvalue weighted by Crippen LogP contribution is -2.39. The van der Waals surface area contributed by atoms with E-state index in [1.54, 1.807) is 0 Å². The van der Waals surface area contributed by atoms with Crippen LogP contribution in [-0.4, -0.2) is 5.78 Å². The molecule has 0 amide bonds. The van der Waals surface area contributed by atoms with Gasteiger partial charge < -0.3 is 0 Å². The summed E-state index contributed by atoms with van der Waals surface area (Å²) < 4.78 is 0. The molecule has 0 saturated heterocycles. The van der Waals surface area contributed by atoms with E-state index < -0.39 is 0 Å². The van der Waals surface area contributed by atoms with E-state index in [2.05, 4.69) is 53.7 Å². The van der Waals surface area contributed by atoms with Gasteiger partial charge in [0.15, 0.2) is 0 Å². The highest BCUT2D eigenvalue weighted by Crippen LogP contribution is 2.56. The molecule has 0 heterocycles. The molecule has 2 fully saturated rings. The van der Waals surface area contributed by atoms with Crippen molar-refractivity contribution in [2.45, 2.75) is 73.6 Å². The fraction of sp³-hybridized carbons (Fsp3) is 0.850. The van der Waals surface area contributed by atoms with Gasteiger partial charge >= 0.3 is 0 Å². The van der Waals surface area contributed by atoms with Gasteiger partial charge in [-0.3, -0.25) is 4.79 Å². The van der Waals surface area contributed by atoms with E-state index in [4.69, 9.17) is 0 Å². The molecule has 0 aliphatic heterocycles. The second-order valence-corrected chi connectivity index (χ2v) is 8.96. The van der Waals surface area contributed by atoms with Gasteiger partial charge in [0.1, 0.15) is 5.78 Å². The van der Waals surface area contributed by atoms with Crippen LogP contribution in [0.1, 0.15) is 73.6 Å². The van der Waals surface area contributed by atoms with Crippen LogP contribution in [0, 0.1) is 34.5 Å². The molecule has 2 saturated carbocycles. The van der Waals surface area contributed by atoms with E-state index in [0.29, 0.717) is 34.9 Å². The molecule has 0 spiro atoms. The monoisotopic (exact) mass is 290 g/mol. The highest BCUT2D eigenvalue weighted by atomic mass is 16.1. The SMILES string of the molecule is C[C@H](C=C[C@H](C)C(C)(C)C)C1CC[C@H]2C(=O)CCC[C@]12C. The molecule has 120 valence electrons. The van der Waals surface area contributed by atoms with Crippen LogP contribution in [0.15, 0.2) is 12.2 Å². The van der Waals surface area contributed by atoms with Crippen molar-refractivity contribution in [2.75, 3.05) is 0 Å². The first-order valence-electron chi connectivity index (χ1n) is 8.87. The van der Waals surface area contributed by atoms with Gasteiger partial charge in [-0.15, -0.1) is 0 Å². The molecule has 21 heavy (non-hydrogen) atoms. The van der Waals surface area contributed by atoms with Gasteiger partial charge in [0.05, 0.1) is 0 Å². The Bertz CT molecular complexity index is 414. The molecule has 0 N–H and O–H groups in total. The summed E-state index contributed by atoms with van der Waals surface area (Å²) in [5.74, 6) is 2.78. The van der Waals surface area contributed by atoms with Crippen LogP contribution in [0.4, 0.5) is 0 Å². The molecule has 2 aliphatic carbocycles. The summed E-state index contributed by atoms with van der Waals surface area (Å²) in [4.78, 5) is 12.2. The zero-order valence-electron chi connectivity index (χ0n) is 14.9. The Morgan fingerprint density at radius 2 is 1.86 bits per heavy atom. The minimum absolute atomic E-state index is 0.268. The summed E-state index contributed by atoms with van der Waals surface area (Å²) in [5.41, 5.74) is 0.600. The van der Waals surface area contributed by atoms with E-state index in [9.17, 15) is 4.79 Å². The Morgan fingerprint density at radius 1 is 1.19 bits per heavy atom. The Balaban J connectivity index is 2.08. The maximum absolute atomic E-state index is 12.2. The molecule has 1 heteroatoms. The molecule has 0 radical (unpaired) electrons. The molecule has 0 aromatic carbocycles. The lowest BCUT2D eigenvalue weighted by Gasteiger charge is -2.41. The number of carbonyl (C=O) groups excluding carboxylic acids is 1. The van der Waals surface area contributed by atoms with Crippen LogP contribution >= 0.6 is 0 Å². The quantitative estimate of drug-likeness (QED) is 0.614. The first-order chi connectivity index (χ1) is 9.66. The molecule has 2 aliphatic rings. The summed E-state index contributed by atoms with van der Waals surface area (Å²) in [6, 6.07) is 0. The second kappa shape index (κ2) is 5.89. The predicted octanol–water partition coefficient (Wildman–Crippen LogP) is 5.65. The Labute approximate surface area is 131 Å². The van der Waals surface area contributed by atoms with Gasteiger partial charge in [0.2, 0.25) is 0 Å². The average molecular weight is 290 g/mol. The van der Waals surface area contributed by atoms with Crippen molar-refractivity contribution in [2.24, 2.45) is 34.5 Å². The zero-order valence-corrected chi connectivity index (χ0v) is 14.9. The van der Waals surface area contributed by atoms with Crippen LogP contribution in [0.3, 0.4) is 0 Å². The zero-order chi connectivity index (χ0) is 15.8. The van der Waals surface area contributed by atoms with E-state index in [0.717, 1.165) is 19.3 Å². The van der Waals surface area contributed by atoms with Crippen LogP contribution in [0.5, 0.6) is 0 Å². The highest BCUT2D eigenvalue weighted by Gasteiger charge is 2.51. The minimum Gasteiger partial charge on any atom is -0.299 e. The summed E-state index contributed by atoms with van der Waals surface area (Å²) in [5, 5.41) is 0. The Morgan fingerprint density at radius 3 is 2.48 bits per heavy atom. The third-order valence-corrected chi connectivity index (χ3v) is 6.64. The van der Waals surface area contributed by atoms with Crippen molar-refractivity contribution in [3.63, 3.8) is 0 Å². The van der Waals surface area contributed by atoms with Crippen molar-refractivity contribution >= 4 is 5.78 Å². The smallest absolute Gasteiger partial charge is 0.136 e. The predicted molar refractivity (Wildman–Crippen MR) is 90.1 cm³/mol. The van der Waals surface area contributed by atoms with Crippen molar-refractivity contribution < 1.29 is 4.79 Å². The number of rotatable bonds is 3.